The van der Waals surface area contributed by atoms with E-state index in [1.165, 1.54) is 18.4 Å². The molecule has 4 heteroatoms. The Bertz CT molecular complexity index is 436. The van der Waals surface area contributed by atoms with Crippen LogP contribution in [0.5, 0.6) is 0 Å². The van der Waals surface area contributed by atoms with Crippen LogP contribution in [0.4, 0.5) is 5.69 Å². The summed E-state index contributed by atoms with van der Waals surface area (Å²) in [5.74, 6) is 0. The Morgan fingerprint density at radius 1 is 1.30 bits per heavy atom. The van der Waals surface area contributed by atoms with Crippen LogP contribution in [-0.2, 0) is 6.42 Å². The highest BCUT2D eigenvalue weighted by Crippen LogP contribution is 2.16. The van der Waals surface area contributed by atoms with Gasteiger partial charge in [0, 0.05) is 18.8 Å². The average molecular weight is 291 g/mol. The van der Waals surface area contributed by atoms with Crippen molar-refractivity contribution in [3.8, 4) is 0 Å². The largest absolute Gasteiger partial charge is 0.349 e. The highest BCUT2D eigenvalue weighted by atomic mass is 32.1. The summed E-state index contributed by atoms with van der Waals surface area (Å²) in [6.07, 6.45) is 3.44. The van der Waals surface area contributed by atoms with Gasteiger partial charge in [-0.25, -0.2) is 0 Å². The van der Waals surface area contributed by atoms with E-state index < -0.39 is 0 Å². The van der Waals surface area contributed by atoms with Gasteiger partial charge in [0.05, 0.1) is 0 Å². The molecule has 0 atom stereocenters. The third-order valence-corrected chi connectivity index (χ3v) is 4.56. The standard InChI is InChI=1S/C16H25N3S/c1-4-13-5-7-14(8-6-13)17-16(20)19(3)15-9-11-18(2)12-10-15/h5-8,15H,4,9-12H2,1-3H3,(H,17,20). The Hall–Kier alpha value is -1.13. The van der Waals surface area contributed by atoms with Crippen LogP contribution in [0.1, 0.15) is 25.3 Å². The molecule has 0 unspecified atom stereocenters. The van der Waals surface area contributed by atoms with Crippen molar-refractivity contribution in [2.75, 3.05) is 32.5 Å². The Kier molecular flexibility index (Phi) is 5.38. The van der Waals surface area contributed by atoms with Crippen LogP contribution in [-0.4, -0.2) is 48.1 Å². The lowest BCUT2D eigenvalue weighted by molar-refractivity contribution is 0.193. The number of hydrogen-bond donors (Lipinski definition) is 1. The lowest BCUT2D eigenvalue weighted by atomic mass is 10.0. The number of rotatable bonds is 3. The van der Waals surface area contributed by atoms with Gasteiger partial charge in [0.25, 0.3) is 0 Å². The molecule has 1 saturated heterocycles. The van der Waals surface area contributed by atoms with Crippen molar-refractivity contribution < 1.29 is 0 Å². The van der Waals surface area contributed by atoms with Gasteiger partial charge in [0.2, 0.25) is 0 Å². The smallest absolute Gasteiger partial charge is 0.173 e. The molecule has 0 aromatic heterocycles. The van der Waals surface area contributed by atoms with Crippen molar-refractivity contribution in [2.24, 2.45) is 0 Å². The number of piperidine rings is 1. The van der Waals surface area contributed by atoms with Crippen LogP contribution < -0.4 is 5.32 Å². The average Bonchev–Trinajstić information content (AvgIpc) is 2.48. The van der Waals surface area contributed by atoms with Crippen LogP contribution in [0.3, 0.4) is 0 Å². The molecular formula is C16H25N3S. The van der Waals surface area contributed by atoms with Gasteiger partial charge in [-0.15, -0.1) is 0 Å². The molecule has 0 saturated carbocycles. The number of thiocarbonyl (C=S) groups is 1. The Labute approximate surface area is 128 Å². The number of hydrogen-bond acceptors (Lipinski definition) is 2. The first kappa shape index (κ1) is 15.3. The number of aryl methyl sites for hydroxylation is 1. The van der Waals surface area contributed by atoms with E-state index in [-0.39, 0.29) is 0 Å². The third-order valence-electron chi connectivity index (χ3n) is 4.17. The summed E-state index contributed by atoms with van der Waals surface area (Å²) in [5, 5.41) is 4.17. The molecule has 3 nitrogen and oxygen atoms in total. The van der Waals surface area contributed by atoms with E-state index in [9.17, 15) is 0 Å². The molecule has 1 aliphatic heterocycles. The lowest BCUT2D eigenvalue weighted by Gasteiger charge is -2.36. The van der Waals surface area contributed by atoms with E-state index in [0.717, 1.165) is 30.3 Å². The van der Waals surface area contributed by atoms with Crippen LogP contribution in [0.25, 0.3) is 0 Å². The van der Waals surface area contributed by atoms with Gasteiger partial charge < -0.3 is 15.1 Å². The summed E-state index contributed by atoms with van der Waals surface area (Å²) in [6, 6.07) is 9.07. The highest BCUT2D eigenvalue weighted by molar-refractivity contribution is 7.80. The van der Waals surface area contributed by atoms with Crippen molar-refractivity contribution in [3.63, 3.8) is 0 Å². The number of nitrogens with zero attached hydrogens (tertiary/aromatic N) is 2. The molecular weight excluding hydrogens is 266 g/mol. The van der Waals surface area contributed by atoms with Crippen molar-refractivity contribution in [2.45, 2.75) is 32.2 Å². The molecule has 1 N–H and O–H groups in total. The highest BCUT2D eigenvalue weighted by Gasteiger charge is 2.22. The minimum atomic E-state index is 0.557. The van der Waals surface area contributed by atoms with Crippen molar-refractivity contribution in [3.05, 3.63) is 29.8 Å². The molecule has 1 aromatic carbocycles. The fraction of sp³-hybridized carbons (Fsp3) is 0.562. The SMILES string of the molecule is CCc1ccc(NC(=S)N(C)C2CCN(C)CC2)cc1. The number of likely N-dealkylation sites (tertiary alicyclic amines) is 1. The van der Waals surface area contributed by atoms with E-state index in [2.05, 4.69) is 60.4 Å². The zero-order valence-corrected chi connectivity index (χ0v) is 13.5. The third kappa shape index (κ3) is 3.93. The van der Waals surface area contributed by atoms with E-state index >= 15 is 0 Å². The van der Waals surface area contributed by atoms with Crippen molar-refractivity contribution in [1.29, 1.82) is 0 Å². The van der Waals surface area contributed by atoms with Crippen molar-refractivity contribution >= 4 is 23.0 Å². The van der Waals surface area contributed by atoms with Crippen LogP contribution >= 0.6 is 12.2 Å². The van der Waals surface area contributed by atoms with Crippen LogP contribution in [0, 0.1) is 0 Å². The maximum Gasteiger partial charge on any atom is 0.173 e. The second kappa shape index (κ2) is 7.04. The summed E-state index contributed by atoms with van der Waals surface area (Å²) in [4.78, 5) is 4.60. The van der Waals surface area contributed by atoms with Crippen molar-refractivity contribution in [1.82, 2.24) is 9.80 Å². The topological polar surface area (TPSA) is 18.5 Å². The maximum absolute atomic E-state index is 5.53. The van der Waals surface area contributed by atoms with Gasteiger partial charge in [-0.1, -0.05) is 19.1 Å². The molecule has 1 fully saturated rings. The van der Waals surface area contributed by atoms with Gasteiger partial charge in [0.1, 0.15) is 0 Å². The minimum absolute atomic E-state index is 0.557. The summed E-state index contributed by atoms with van der Waals surface area (Å²) in [6.45, 7) is 4.48. The van der Waals surface area contributed by atoms with E-state index in [4.69, 9.17) is 12.2 Å². The Morgan fingerprint density at radius 2 is 1.90 bits per heavy atom. The monoisotopic (exact) mass is 291 g/mol. The zero-order valence-electron chi connectivity index (χ0n) is 12.7. The van der Waals surface area contributed by atoms with Gasteiger partial charge >= 0.3 is 0 Å². The first-order valence-corrected chi connectivity index (χ1v) is 7.82. The van der Waals surface area contributed by atoms with Crippen LogP contribution in [0.2, 0.25) is 0 Å². The van der Waals surface area contributed by atoms with E-state index in [1.807, 2.05) is 0 Å². The molecule has 20 heavy (non-hydrogen) atoms. The van der Waals surface area contributed by atoms with E-state index in [1.54, 1.807) is 0 Å². The van der Waals surface area contributed by atoms with Gasteiger partial charge in [0.15, 0.2) is 5.11 Å². The van der Waals surface area contributed by atoms with Gasteiger partial charge in [-0.3, -0.25) is 0 Å². The molecule has 0 bridgehead atoms. The quantitative estimate of drug-likeness (QED) is 0.863. The molecule has 110 valence electrons. The zero-order chi connectivity index (χ0) is 14.5. The Morgan fingerprint density at radius 3 is 2.45 bits per heavy atom. The molecule has 0 amide bonds. The number of anilines is 1. The second-order valence-electron chi connectivity index (χ2n) is 5.63. The summed E-state index contributed by atoms with van der Waals surface area (Å²) in [5.41, 5.74) is 2.43. The summed E-state index contributed by atoms with van der Waals surface area (Å²) in [7, 11) is 4.29. The molecule has 1 aromatic rings. The van der Waals surface area contributed by atoms with Gasteiger partial charge in [-0.05, 0) is 69.3 Å². The Balaban J connectivity index is 1.89. The first-order valence-electron chi connectivity index (χ1n) is 7.41. The lowest BCUT2D eigenvalue weighted by Crippen LogP contribution is -2.45. The number of nitrogens with one attached hydrogen (secondary N) is 1. The predicted molar refractivity (Wildman–Crippen MR) is 90.3 cm³/mol. The normalized spacial score (nSPS) is 16.9. The summed E-state index contributed by atoms with van der Waals surface area (Å²) < 4.78 is 0. The fourth-order valence-electron chi connectivity index (χ4n) is 2.58. The minimum Gasteiger partial charge on any atom is -0.349 e. The molecule has 0 radical (unpaired) electrons. The maximum atomic E-state index is 5.53. The molecule has 2 rings (SSSR count). The summed E-state index contributed by atoms with van der Waals surface area (Å²) >= 11 is 5.53. The van der Waals surface area contributed by atoms with Crippen LogP contribution in [0.15, 0.2) is 24.3 Å². The number of benzene rings is 1. The molecule has 0 aliphatic carbocycles. The van der Waals surface area contributed by atoms with E-state index in [0.29, 0.717) is 6.04 Å². The fourth-order valence-corrected chi connectivity index (χ4v) is 2.85. The van der Waals surface area contributed by atoms with Gasteiger partial charge in [-0.2, -0.15) is 0 Å². The first-order chi connectivity index (χ1) is 9.60. The predicted octanol–water partition coefficient (Wildman–Crippen LogP) is 2.97. The molecule has 1 aliphatic rings. The molecule has 0 spiro atoms. The molecule has 1 heterocycles. The second-order valence-corrected chi connectivity index (χ2v) is 6.01.